The van der Waals surface area contributed by atoms with Crippen molar-refractivity contribution >= 4 is 22.5 Å². The Labute approximate surface area is 128 Å². The maximum absolute atomic E-state index is 10.8. The number of halogens is 1. The second-order valence-electron chi connectivity index (χ2n) is 4.97. The van der Waals surface area contributed by atoms with Crippen LogP contribution in [0.5, 0.6) is 0 Å². The van der Waals surface area contributed by atoms with Gasteiger partial charge in [-0.25, -0.2) is 0 Å². The Bertz CT molecular complexity index is 797. The molecule has 108 valence electrons. The van der Waals surface area contributed by atoms with E-state index in [0.29, 0.717) is 17.3 Å². The summed E-state index contributed by atoms with van der Waals surface area (Å²) in [5.41, 5.74) is 3.15. The molecule has 5 heteroatoms. The molecule has 0 aliphatic carbocycles. The van der Waals surface area contributed by atoms with Crippen LogP contribution in [0.4, 0.5) is 0 Å². The second-order valence-corrected chi connectivity index (χ2v) is 5.37. The molecule has 0 saturated heterocycles. The molecule has 1 aromatic carbocycles. The lowest BCUT2D eigenvalue weighted by molar-refractivity contribution is 0.209. The molecule has 0 fully saturated rings. The van der Waals surface area contributed by atoms with E-state index in [4.69, 9.17) is 11.6 Å². The Kier molecular flexibility index (Phi) is 3.66. The van der Waals surface area contributed by atoms with Crippen LogP contribution in [0.25, 0.3) is 10.9 Å². The van der Waals surface area contributed by atoms with Gasteiger partial charge in [-0.15, -0.1) is 0 Å². The quantitative estimate of drug-likeness (QED) is 0.805. The monoisotopic (exact) mass is 301 g/mol. The number of aliphatic hydroxyl groups is 1. The highest BCUT2D eigenvalue weighted by Gasteiger charge is 2.21. The van der Waals surface area contributed by atoms with Crippen molar-refractivity contribution < 1.29 is 5.11 Å². The van der Waals surface area contributed by atoms with Crippen LogP contribution < -0.4 is 0 Å². The normalized spacial score (nSPS) is 12.8. The van der Waals surface area contributed by atoms with Crippen molar-refractivity contribution in [1.29, 1.82) is 0 Å². The van der Waals surface area contributed by atoms with Crippen molar-refractivity contribution in [3.8, 4) is 0 Å². The van der Waals surface area contributed by atoms with Gasteiger partial charge in [0.25, 0.3) is 0 Å². The average molecular weight is 302 g/mol. The molecule has 0 aliphatic rings. The number of aliphatic hydroxyl groups excluding tert-OH is 1. The van der Waals surface area contributed by atoms with Gasteiger partial charge in [0.05, 0.1) is 22.4 Å². The molecule has 0 spiro atoms. The van der Waals surface area contributed by atoms with Crippen LogP contribution in [-0.2, 0) is 6.54 Å². The van der Waals surface area contributed by atoms with Crippen molar-refractivity contribution in [1.82, 2.24) is 14.8 Å². The van der Waals surface area contributed by atoms with E-state index in [1.54, 1.807) is 10.9 Å². The van der Waals surface area contributed by atoms with Crippen LogP contribution in [0, 0.1) is 6.92 Å². The van der Waals surface area contributed by atoms with Gasteiger partial charge < -0.3 is 5.11 Å². The van der Waals surface area contributed by atoms with Gasteiger partial charge in [-0.2, -0.15) is 5.10 Å². The fourth-order valence-corrected chi connectivity index (χ4v) is 2.85. The molecule has 3 aromatic rings. The molecule has 1 unspecified atom stereocenters. The predicted octanol–water partition coefficient (Wildman–Crippen LogP) is 3.49. The number of pyridine rings is 1. The van der Waals surface area contributed by atoms with Gasteiger partial charge in [0.2, 0.25) is 0 Å². The first-order chi connectivity index (χ1) is 10.1. The molecule has 21 heavy (non-hydrogen) atoms. The van der Waals surface area contributed by atoms with Gasteiger partial charge in [-0.1, -0.05) is 29.8 Å². The summed E-state index contributed by atoms with van der Waals surface area (Å²) in [6.07, 6.45) is 0.742. The van der Waals surface area contributed by atoms with Crippen LogP contribution in [0.15, 0.2) is 36.5 Å². The number of benzene rings is 1. The molecule has 0 aliphatic heterocycles. The van der Waals surface area contributed by atoms with Gasteiger partial charge in [0.15, 0.2) is 0 Å². The first-order valence-electron chi connectivity index (χ1n) is 6.87. The van der Waals surface area contributed by atoms with Gasteiger partial charge in [-0.3, -0.25) is 9.67 Å². The summed E-state index contributed by atoms with van der Waals surface area (Å²) in [5, 5.41) is 16.4. The largest absolute Gasteiger partial charge is 0.382 e. The molecule has 3 rings (SSSR count). The van der Waals surface area contributed by atoms with Crippen molar-refractivity contribution in [3.05, 3.63) is 58.5 Å². The highest BCUT2D eigenvalue weighted by Crippen LogP contribution is 2.32. The number of hydrogen-bond donors (Lipinski definition) is 1. The maximum Gasteiger partial charge on any atom is 0.123 e. The number of fused-ring (bicyclic) bond motifs is 1. The molecule has 0 amide bonds. The van der Waals surface area contributed by atoms with Gasteiger partial charge in [-0.05, 0) is 31.5 Å². The van der Waals surface area contributed by atoms with Crippen LogP contribution in [0.3, 0.4) is 0 Å². The SMILES string of the molecule is CCn1ncc(Cl)c1C(O)c1cc(C)nc2ccccc12. The van der Waals surface area contributed by atoms with E-state index < -0.39 is 6.10 Å². The number of nitrogens with zero attached hydrogens (tertiary/aromatic N) is 3. The summed E-state index contributed by atoms with van der Waals surface area (Å²) in [6.45, 7) is 4.54. The lowest BCUT2D eigenvalue weighted by atomic mass is 10.0. The molecular weight excluding hydrogens is 286 g/mol. The zero-order valence-electron chi connectivity index (χ0n) is 11.9. The maximum atomic E-state index is 10.8. The van der Waals surface area contributed by atoms with Gasteiger partial charge >= 0.3 is 0 Å². The standard InChI is InChI=1S/C16H16ClN3O/c1-3-20-15(13(17)9-18-20)16(21)12-8-10(2)19-14-7-5-4-6-11(12)14/h4-9,16,21H,3H2,1-2H3. The molecule has 1 atom stereocenters. The molecular formula is C16H16ClN3O. The van der Waals surface area contributed by atoms with Gasteiger partial charge in [0.1, 0.15) is 6.10 Å². The van der Waals surface area contributed by atoms with Crippen molar-refractivity contribution in [2.24, 2.45) is 0 Å². The summed E-state index contributed by atoms with van der Waals surface area (Å²) in [5.74, 6) is 0. The van der Waals surface area contributed by atoms with Crippen molar-refractivity contribution in [3.63, 3.8) is 0 Å². The summed E-state index contributed by atoms with van der Waals surface area (Å²) in [6, 6.07) is 9.68. The van der Waals surface area contributed by atoms with E-state index in [2.05, 4.69) is 10.1 Å². The zero-order chi connectivity index (χ0) is 15.0. The van der Waals surface area contributed by atoms with Crippen LogP contribution >= 0.6 is 11.6 Å². The molecule has 4 nitrogen and oxygen atoms in total. The lowest BCUT2D eigenvalue weighted by Gasteiger charge is -2.16. The van der Waals surface area contributed by atoms with E-state index in [1.807, 2.05) is 44.2 Å². The Morgan fingerprint density at radius 3 is 2.86 bits per heavy atom. The number of aryl methyl sites for hydroxylation is 2. The first kappa shape index (κ1) is 14.0. The van der Waals surface area contributed by atoms with Crippen LogP contribution in [-0.4, -0.2) is 19.9 Å². The minimum atomic E-state index is -0.827. The highest BCUT2D eigenvalue weighted by molar-refractivity contribution is 6.31. The Balaban J connectivity index is 2.22. The third-order valence-corrected chi connectivity index (χ3v) is 3.85. The van der Waals surface area contributed by atoms with Crippen molar-refractivity contribution in [2.45, 2.75) is 26.5 Å². The van der Waals surface area contributed by atoms with Crippen molar-refractivity contribution in [2.75, 3.05) is 0 Å². The molecule has 2 heterocycles. The topological polar surface area (TPSA) is 50.9 Å². The minimum absolute atomic E-state index is 0.475. The zero-order valence-corrected chi connectivity index (χ0v) is 12.7. The molecule has 2 aromatic heterocycles. The summed E-state index contributed by atoms with van der Waals surface area (Å²) in [4.78, 5) is 4.50. The first-order valence-corrected chi connectivity index (χ1v) is 7.25. The number of para-hydroxylation sites is 1. The third kappa shape index (κ3) is 2.41. The fourth-order valence-electron chi connectivity index (χ4n) is 2.61. The second kappa shape index (κ2) is 5.47. The summed E-state index contributed by atoms with van der Waals surface area (Å²) < 4.78 is 1.72. The van der Waals surface area contributed by atoms with E-state index in [1.165, 1.54) is 0 Å². The average Bonchev–Trinajstić information content (AvgIpc) is 2.86. The Morgan fingerprint density at radius 2 is 2.10 bits per heavy atom. The van der Waals surface area contributed by atoms with E-state index in [-0.39, 0.29) is 0 Å². The molecule has 0 saturated carbocycles. The van der Waals surface area contributed by atoms with Gasteiger partial charge in [0, 0.05) is 17.6 Å². The number of aromatic nitrogens is 3. The number of hydrogen-bond acceptors (Lipinski definition) is 3. The molecule has 0 bridgehead atoms. The lowest BCUT2D eigenvalue weighted by Crippen LogP contribution is -2.10. The smallest absolute Gasteiger partial charge is 0.123 e. The predicted molar refractivity (Wildman–Crippen MR) is 83.5 cm³/mol. The minimum Gasteiger partial charge on any atom is -0.382 e. The Hall–Kier alpha value is -1.91. The highest BCUT2D eigenvalue weighted by atomic mass is 35.5. The van der Waals surface area contributed by atoms with E-state index >= 15 is 0 Å². The third-order valence-electron chi connectivity index (χ3n) is 3.56. The van der Waals surface area contributed by atoms with Crippen LogP contribution in [0.2, 0.25) is 5.02 Å². The fraction of sp³-hybridized carbons (Fsp3) is 0.250. The summed E-state index contributed by atoms with van der Waals surface area (Å²) in [7, 11) is 0. The van der Waals surface area contributed by atoms with E-state index in [9.17, 15) is 5.11 Å². The van der Waals surface area contributed by atoms with E-state index in [0.717, 1.165) is 22.2 Å². The summed E-state index contributed by atoms with van der Waals surface area (Å²) >= 11 is 6.20. The molecule has 1 N–H and O–H groups in total. The Morgan fingerprint density at radius 1 is 1.33 bits per heavy atom. The number of rotatable bonds is 3. The van der Waals surface area contributed by atoms with Crippen LogP contribution in [0.1, 0.15) is 30.0 Å². The molecule has 0 radical (unpaired) electrons.